The average Bonchev–Trinajstić information content (AvgIpc) is 3.26. The number of carbonyl (C=O) groups excluding carboxylic acids is 1. The van der Waals surface area contributed by atoms with E-state index in [9.17, 15) is 14.7 Å². The van der Waals surface area contributed by atoms with Crippen LogP contribution in [0.1, 0.15) is 21.6 Å². The van der Waals surface area contributed by atoms with Crippen LogP contribution in [0.5, 0.6) is 11.5 Å². The number of ether oxygens (including phenoxy) is 2. The van der Waals surface area contributed by atoms with Crippen molar-refractivity contribution in [1.29, 1.82) is 0 Å². The summed E-state index contributed by atoms with van der Waals surface area (Å²) in [5.74, 6) is -0.264. The second-order valence-electron chi connectivity index (χ2n) is 6.69. The molecule has 5 rings (SSSR count). The number of H-pyrrole nitrogens is 1. The first kappa shape index (κ1) is 16.4. The summed E-state index contributed by atoms with van der Waals surface area (Å²) in [6, 6.07) is 12.7. The van der Waals surface area contributed by atoms with E-state index in [1.165, 1.54) is 11.1 Å². The Kier molecular flexibility index (Phi) is 3.61. The van der Waals surface area contributed by atoms with Crippen LogP contribution in [-0.2, 0) is 11.2 Å². The number of aromatic nitrogens is 1. The number of carbonyl (C=O) groups is 2. The molecule has 0 saturated carbocycles. The third kappa shape index (κ3) is 2.51. The minimum atomic E-state index is -1.09. The van der Waals surface area contributed by atoms with Gasteiger partial charge in [0.15, 0.2) is 11.5 Å². The van der Waals surface area contributed by atoms with Crippen molar-refractivity contribution in [3.05, 3.63) is 65.5 Å². The Morgan fingerprint density at radius 2 is 1.89 bits per heavy atom. The smallest absolute Gasteiger partial charge is 0.339 e. The van der Waals surface area contributed by atoms with Crippen LogP contribution in [0, 0.1) is 0 Å². The third-order valence-corrected chi connectivity index (χ3v) is 5.08. The van der Waals surface area contributed by atoms with Crippen LogP contribution in [0.4, 0.5) is 0 Å². The molecule has 2 aliphatic heterocycles. The number of benzene rings is 2. The molecule has 3 aromatic rings. The van der Waals surface area contributed by atoms with Gasteiger partial charge in [-0.05, 0) is 36.2 Å². The summed E-state index contributed by atoms with van der Waals surface area (Å²) in [6.07, 6.45) is 1.96. The van der Waals surface area contributed by atoms with Crippen LogP contribution in [0.3, 0.4) is 0 Å². The first-order chi connectivity index (χ1) is 13.6. The van der Waals surface area contributed by atoms with Crippen molar-refractivity contribution in [2.45, 2.75) is 6.42 Å². The number of amides is 1. The van der Waals surface area contributed by atoms with Gasteiger partial charge in [-0.15, -0.1) is 0 Å². The van der Waals surface area contributed by atoms with Gasteiger partial charge in [-0.1, -0.05) is 18.2 Å². The van der Waals surface area contributed by atoms with Crippen molar-refractivity contribution in [1.82, 2.24) is 9.88 Å². The summed E-state index contributed by atoms with van der Waals surface area (Å²) >= 11 is 0. The van der Waals surface area contributed by atoms with E-state index in [0.717, 1.165) is 16.5 Å². The van der Waals surface area contributed by atoms with E-state index in [4.69, 9.17) is 9.47 Å². The molecule has 0 radical (unpaired) electrons. The highest BCUT2D eigenvalue weighted by atomic mass is 16.7. The summed E-state index contributed by atoms with van der Waals surface area (Å²) in [4.78, 5) is 29.6. The van der Waals surface area contributed by atoms with Gasteiger partial charge in [0.2, 0.25) is 6.79 Å². The van der Waals surface area contributed by atoms with Gasteiger partial charge in [-0.25, -0.2) is 4.79 Å². The van der Waals surface area contributed by atoms with Crippen molar-refractivity contribution in [3.63, 3.8) is 0 Å². The highest BCUT2D eigenvalue weighted by molar-refractivity contribution is 6.17. The molecule has 0 bridgehead atoms. The van der Waals surface area contributed by atoms with Crippen LogP contribution in [-0.4, -0.2) is 40.2 Å². The molecule has 1 aromatic heterocycles. The predicted octanol–water partition coefficient (Wildman–Crippen LogP) is 3.02. The highest BCUT2D eigenvalue weighted by Gasteiger charge is 2.27. The molecule has 0 unspecified atom stereocenters. The van der Waals surface area contributed by atoms with Crippen molar-refractivity contribution >= 4 is 28.4 Å². The zero-order valence-corrected chi connectivity index (χ0v) is 14.8. The maximum absolute atomic E-state index is 13.0. The predicted molar refractivity (Wildman–Crippen MR) is 101 cm³/mol. The van der Waals surface area contributed by atoms with Gasteiger partial charge in [0.1, 0.15) is 0 Å². The number of hydrogen-bond acceptors (Lipinski definition) is 4. The van der Waals surface area contributed by atoms with Gasteiger partial charge in [0.25, 0.3) is 5.91 Å². The van der Waals surface area contributed by atoms with Gasteiger partial charge >= 0.3 is 5.97 Å². The molecule has 0 fully saturated rings. The highest BCUT2D eigenvalue weighted by Crippen LogP contribution is 2.34. The first-order valence-electron chi connectivity index (χ1n) is 8.87. The molecule has 28 heavy (non-hydrogen) atoms. The van der Waals surface area contributed by atoms with Gasteiger partial charge < -0.3 is 24.5 Å². The normalized spacial score (nSPS) is 15.1. The summed E-state index contributed by atoms with van der Waals surface area (Å²) in [7, 11) is 0. The third-order valence-electron chi connectivity index (χ3n) is 5.08. The molecule has 7 heteroatoms. The Labute approximate surface area is 159 Å². The maximum atomic E-state index is 13.0. The van der Waals surface area contributed by atoms with Gasteiger partial charge in [-0.3, -0.25) is 4.79 Å². The Bertz CT molecular complexity index is 1160. The molecule has 2 N–H and O–H groups in total. The standard InChI is InChI=1S/C21H16N2O5/c24-20(12-5-6-17-18(9-12)28-11-27-17)23-8-7-14-13-3-1-2-4-16(13)22-19(14)15(10-23)21(25)26/h1-6,9-10,22H,7-8,11H2,(H,25,26). The average molecular weight is 376 g/mol. The number of rotatable bonds is 2. The summed E-state index contributed by atoms with van der Waals surface area (Å²) in [5, 5.41) is 10.7. The van der Waals surface area contributed by atoms with Crippen molar-refractivity contribution in [2.75, 3.05) is 13.3 Å². The van der Waals surface area contributed by atoms with Gasteiger partial charge in [0, 0.05) is 29.2 Å². The zero-order valence-electron chi connectivity index (χ0n) is 14.8. The SMILES string of the molecule is O=C(O)C1=CN(C(=O)c2ccc3c(c2)OCO3)CCc2c1[nH]c1ccccc21. The molecule has 7 nitrogen and oxygen atoms in total. The van der Waals surface area contributed by atoms with E-state index in [1.807, 2.05) is 24.3 Å². The summed E-state index contributed by atoms with van der Waals surface area (Å²) in [5.41, 5.74) is 2.83. The number of carboxylic acid groups (broad SMARTS) is 1. The van der Waals surface area contributed by atoms with E-state index in [0.29, 0.717) is 35.7 Å². The van der Waals surface area contributed by atoms with Gasteiger partial charge in [0.05, 0.1) is 11.3 Å². The number of nitrogens with zero attached hydrogens (tertiary/aromatic N) is 1. The first-order valence-corrected chi connectivity index (χ1v) is 8.87. The zero-order chi connectivity index (χ0) is 19.3. The fourth-order valence-electron chi connectivity index (χ4n) is 3.72. The van der Waals surface area contributed by atoms with E-state index in [1.54, 1.807) is 18.2 Å². The molecule has 1 amide bonds. The van der Waals surface area contributed by atoms with Crippen LogP contribution in [0.2, 0.25) is 0 Å². The molecule has 2 aromatic carbocycles. The quantitative estimate of drug-likeness (QED) is 0.717. The molecule has 0 aliphatic carbocycles. The number of carboxylic acids is 1. The van der Waals surface area contributed by atoms with E-state index >= 15 is 0 Å². The molecule has 2 aliphatic rings. The largest absolute Gasteiger partial charge is 0.478 e. The fraction of sp³-hybridized carbons (Fsp3) is 0.143. The maximum Gasteiger partial charge on any atom is 0.339 e. The Morgan fingerprint density at radius 1 is 1.07 bits per heavy atom. The van der Waals surface area contributed by atoms with Crippen LogP contribution >= 0.6 is 0 Å². The van der Waals surface area contributed by atoms with E-state index < -0.39 is 5.97 Å². The topological polar surface area (TPSA) is 91.9 Å². The number of para-hydroxylation sites is 1. The monoisotopic (exact) mass is 376 g/mol. The molecular formula is C21H16N2O5. The summed E-state index contributed by atoms with van der Waals surface area (Å²) < 4.78 is 10.6. The number of aromatic amines is 1. The number of fused-ring (bicyclic) bond motifs is 4. The number of hydrogen-bond donors (Lipinski definition) is 2. The molecular weight excluding hydrogens is 360 g/mol. The molecule has 3 heterocycles. The number of nitrogens with one attached hydrogen (secondary N) is 1. The lowest BCUT2D eigenvalue weighted by Crippen LogP contribution is -2.27. The minimum Gasteiger partial charge on any atom is -0.478 e. The number of aliphatic carboxylic acids is 1. The molecule has 0 spiro atoms. The molecule has 140 valence electrons. The molecule has 0 saturated heterocycles. The van der Waals surface area contributed by atoms with Crippen molar-refractivity contribution < 1.29 is 24.2 Å². The Hall–Kier alpha value is -3.74. The minimum absolute atomic E-state index is 0.0674. The van der Waals surface area contributed by atoms with Gasteiger partial charge in [-0.2, -0.15) is 0 Å². The lowest BCUT2D eigenvalue weighted by atomic mass is 10.0. The van der Waals surface area contributed by atoms with Crippen LogP contribution in [0.25, 0.3) is 16.5 Å². The Balaban J connectivity index is 1.55. The van der Waals surface area contributed by atoms with E-state index in [2.05, 4.69) is 4.98 Å². The summed E-state index contributed by atoms with van der Waals surface area (Å²) in [6.45, 7) is 0.500. The Morgan fingerprint density at radius 3 is 2.75 bits per heavy atom. The van der Waals surface area contributed by atoms with Crippen LogP contribution < -0.4 is 9.47 Å². The second kappa shape index (κ2) is 6.16. The van der Waals surface area contributed by atoms with Crippen LogP contribution in [0.15, 0.2) is 48.7 Å². The lowest BCUT2D eigenvalue weighted by molar-refractivity contribution is -0.130. The van der Waals surface area contributed by atoms with Crippen molar-refractivity contribution in [2.24, 2.45) is 0 Å². The lowest BCUT2D eigenvalue weighted by Gasteiger charge is -2.17. The fourth-order valence-corrected chi connectivity index (χ4v) is 3.72. The van der Waals surface area contributed by atoms with Crippen molar-refractivity contribution in [3.8, 4) is 11.5 Å². The second-order valence-corrected chi connectivity index (χ2v) is 6.69. The van der Waals surface area contributed by atoms with E-state index in [-0.39, 0.29) is 18.3 Å². The molecule has 0 atom stereocenters.